The lowest BCUT2D eigenvalue weighted by atomic mass is 9.98. The molecule has 2 heterocycles. The minimum absolute atomic E-state index is 0.205. The zero-order chi connectivity index (χ0) is 16.2. The Balaban J connectivity index is 1.74. The molecule has 7 heteroatoms. The van der Waals surface area contributed by atoms with Crippen LogP contribution < -0.4 is 5.32 Å². The van der Waals surface area contributed by atoms with Crippen LogP contribution in [0.2, 0.25) is 0 Å². The summed E-state index contributed by atoms with van der Waals surface area (Å²) < 4.78 is 7.14. The molecule has 0 saturated carbocycles. The second-order valence-corrected chi connectivity index (χ2v) is 6.90. The number of likely N-dealkylation sites (tertiary alicyclic amines) is 1. The summed E-state index contributed by atoms with van der Waals surface area (Å²) in [5, 5.41) is 7.61. The summed E-state index contributed by atoms with van der Waals surface area (Å²) in [4.78, 5) is 18.1. The standard InChI is InChI=1S/C15H27N5O2/c1-15(2,3)22-14(21)20-7-5-6-12(10-20)8-16-9-13-17-11-19(4)18-13/h11-12,16H,5-10H2,1-4H3. The maximum atomic E-state index is 12.1. The average molecular weight is 309 g/mol. The van der Waals surface area contributed by atoms with E-state index >= 15 is 0 Å². The Hall–Kier alpha value is -1.63. The highest BCUT2D eigenvalue weighted by Gasteiger charge is 2.27. The lowest BCUT2D eigenvalue weighted by Gasteiger charge is -2.34. The van der Waals surface area contributed by atoms with Crippen LogP contribution in [-0.4, -0.2) is 51.0 Å². The van der Waals surface area contributed by atoms with Gasteiger partial charge in [0.2, 0.25) is 0 Å². The number of nitrogens with zero attached hydrogens (tertiary/aromatic N) is 4. The molecule has 7 nitrogen and oxygen atoms in total. The fraction of sp³-hybridized carbons (Fsp3) is 0.800. The fourth-order valence-corrected chi connectivity index (χ4v) is 2.58. The van der Waals surface area contributed by atoms with Gasteiger partial charge in [0.1, 0.15) is 11.9 Å². The van der Waals surface area contributed by atoms with Crippen LogP contribution in [0.25, 0.3) is 0 Å². The molecule has 1 atom stereocenters. The van der Waals surface area contributed by atoms with E-state index in [1.807, 2.05) is 32.7 Å². The van der Waals surface area contributed by atoms with Gasteiger partial charge in [-0.15, -0.1) is 0 Å². The van der Waals surface area contributed by atoms with Crippen molar-refractivity contribution in [2.45, 2.75) is 45.8 Å². The Bertz CT molecular complexity index is 494. The van der Waals surface area contributed by atoms with Crippen molar-refractivity contribution in [3.63, 3.8) is 0 Å². The third-order valence-electron chi connectivity index (χ3n) is 3.53. The van der Waals surface area contributed by atoms with E-state index in [4.69, 9.17) is 4.74 Å². The lowest BCUT2D eigenvalue weighted by molar-refractivity contribution is 0.0166. The Morgan fingerprint density at radius 2 is 2.27 bits per heavy atom. The summed E-state index contributed by atoms with van der Waals surface area (Å²) in [6.45, 7) is 8.74. The highest BCUT2D eigenvalue weighted by atomic mass is 16.6. The number of hydrogen-bond donors (Lipinski definition) is 1. The van der Waals surface area contributed by atoms with Crippen LogP contribution >= 0.6 is 0 Å². The number of piperidine rings is 1. The lowest BCUT2D eigenvalue weighted by Crippen LogP contribution is -2.45. The molecule has 1 amide bonds. The quantitative estimate of drug-likeness (QED) is 0.913. The monoisotopic (exact) mass is 309 g/mol. The van der Waals surface area contributed by atoms with Gasteiger partial charge in [0.25, 0.3) is 0 Å². The molecule has 1 fully saturated rings. The van der Waals surface area contributed by atoms with Crippen molar-refractivity contribution in [3.05, 3.63) is 12.2 Å². The van der Waals surface area contributed by atoms with Crippen molar-refractivity contribution in [2.75, 3.05) is 19.6 Å². The van der Waals surface area contributed by atoms with Crippen molar-refractivity contribution in [1.29, 1.82) is 0 Å². The molecule has 0 bridgehead atoms. The van der Waals surface area contributed by atoms with Crippen LogP contribution in [0.5, 0.6) is 0 Å². The van der Waals surface area contributed by atoms with Gasteiger partial charge in [-0.3, -0.25) is 4.68 Å². The fourth-order valence-electron chi connectivity index (χ4n) is 2.58. The van der Waals surface area contributed by atoms with Crippen molar-refractivity contribution in [2.24, 2.45) is 13.0 Å². The minimum Gasteiger partial charge on any atom is -0.444 e. The normalized spacial score (nSPS) is 19.3. The van der Waals surface area contributed by atoms with E-state index in [2.05, 4.69) is 15.4 Å². The summed E-state index contributed by atoms with van der Waals surface area (Å²) in [6, 6.07) is 0. The third kappa shape index (κ3) is 5.29. The first-order chi connectivity index (χ1) is 10.3. The number of amides is 1. The van der Waals surface area contributed by atoms with E-state index in [1.54, 1.807) is 11.0 Å². The number of nitrogens with one attached hydrogen (secondary N) is 1. The Labute approximate surface area is 132 Å². The van der Waals surface area contributed by atoms with Crippen molar-refractivity contribution in [3.8, 4) is 0 Å². The molecule has 1 aliphatic rings. The predicted octanol–water partition coefficient (Wildman–Crippen LogP) is 1.55. The van der Waals surface area contributed by atoms with Gasteiger partial charge >= 0.3 is 6.09 Å². The Morgan fingerprint density at radius 3 is 2.91 bits per heavy atom. The van der Waals surface area contributed by atoms with Crippen molar-refractivity contribution < 1.29 is 9.53 Å². The summed E-state index contributed by atoms with van der Waals surface area (Å²) >= 11 is 0. The summed E-state index contributed by atoms with van der Waals surface area (Å²) in [5.41, 5.74) is -0.438. The molecule has 0 spiro atoms. The molecular formula is C15H27N5O2. The van der Waals surface area contributed by atoms with Gasteiger partial charge in [-0.05, 0) is 39.5 Å². The molecule has 1 saturated heterocycles. The van der Waals surface area contributed by atoms with Gasteiger partial charge in [0.15, 0.2) is 5.82 Å². The van der Waals surface area contributed by atoms with Gasteiger partial charge in [-0.25, -0.2) is 9.78 Å². The molecule has 22 heavy (non-hydrogen) atoms. The van der Waals surface area contributed by atoms with Crippen LogP contribution in [0, 0.1) is 5.92 Å². The topological polar surface area (TPSA) is 72.3 Å². The number of carbonyl (C=O) groups is 1. The van der Waals surface area contributed by atoms with Gasteiger partial charge < -0.3 is 15.0 Å². The second-order valence-electron chi connectivity index (χ2n) is 6.90. The molecule has 1 aliphatic heterocycles. The number of aromatic nitrogens is 3. The van der Waals surface area contributed by atoms with Crippen LogP contribution in [-0.2, 0) is 18.3 Å². The van der Waals surface area contributed by atoms with Crippen molar-refractivity contribution >= 4 is 6.09 Å². The summed E-state index contributed by atoms with van der Waals surface area (Å²) in [7, 11) is 1.86. The smallest absolute Gasteiger partial charge is 0.410 e. The molecule has 0 aliphatic carbocycles. The van der Waals surface area contributed by atoms with E-state index in [0.29, 0.717) is 12.5 Å². The maximum absolute atomic E-state index is 12.1. The predicted molar refractivity (Wildman–Crippen MR) is 83.2 cm³/mol. The minimum atomic E-state index is -0.438. The highest BCUT2D eigenvalue weighted by Crippen LogP contribution is 2.18. The zero-order valence-corrected chi connectivity index (χ0v) is 14.0. The van der Waals surface area contributed by atoms with E-state index in [0.717, 1.165) is 38.3 Å². The van der Waals surface area contributed by atoms with Gasteiger partial charge in [-0.1, -0.05) is 0 Å². The van der Waals surface area contributed by atoms with Gasteiger partial charge in [-0.2, -0.15) is 5.10 Å². The Morgan fingerprint density at radius 1 is 1.50 bits per heavy atom. The first-order valence-corrected chi connectivity index (χ1v) is 7.86. The molecule has 1 aromatic rings. The number of rotatable bonds is 4. The van der Waals surface area contributed by atoms with E-state index < -0.39 is 5.60 Å². The molecule has 0 aromatic carbocycles. The Kier molecular flexibility index (Phi) is 5.39. The third-order valence-corrected chi connectivity index (χ3v) is 3.53. The maximum Gasteiger partial charge on any atom is 0.410 e. The van der Waals surface area contributed by atoms with Crippen LogP contribution in [0.3, 0.4) is 0 Å². The first-order valence-electron chi connectivity index (χ1n) is 7.86. The molecule has 1 unspecified atom stereocenters. The summed E-state index contributed by atoms with van der Waals surface area (Å²) in [6.07, 6.45) is 3.64. The highest BCUT2D eigenvalue weighted by molar-refractivity contribution is 5.68. The average Bonchev–Trinajstić information content (AvgIpc) is 2.83. The van der Waals surface area contributed by atoms with Crippen LogP contribution in [0.1, 0.15) is 39.4 Å². The largest absolute Gasteiger partial charge is 0.444 e. The van der Waals surface area contributed by atoms with Gasteiger partial charge in [0.05, 0.1) is 6.54 Å². The van der Waals surface area contributed by atoms with E-state index in [-0.39, 0.29) is 6.09 Å². The van der Waals surface area contributed by atoms with Crippen LogP contribution in [0.4, 0.5) is 4.79 Å². The number of hydrogen-bond acceptors (Lipinski definition) is 5. The molecule has 0 radical (unpaired) electrons. The second kappa shape index (κ2) is 7.09. The van der Waals surface area contributed by atoms with E-state index in [1.165, 1.54) is 0 Å². The molecular weight excluding hydrogens is 282 g/mol. The van der Waals surface area contributed by atoms with E-state index in [9.17, 15) is 4.79 Å². The van der Waals surface area contributed by atoms with Crippen LogP contribution in [0.15, 0.2) is 6.33 Å². The zero-order valence-electron chi connectivity index (χ0n) is 14.0. The molecule has 2 rings (SSSR count). The number of ether oxygens (including phenoxy) is 1. The van der Waals surface area contributed by atoms with Crippen molar-refractivity contribution in [1.82, 2.24) is 25.0 Å². The van der Waals surface area contributed by atoms with Gasteiger partial charge in [0, 0.05) is 26.7 Å². The SMILES string of the molecule is Cn1cnc(CNCC2CCCN(C(=O)OC(C)(C)C)C2)n1. The number of aryl methyl sites for hydroxylation is 1. The first kappa shape index (κ1) is 16.7. The molecule has 1 N–H and O–H groups in total. The molecule has 1 aromatic heterocycles. The molecule has 124 valence electrons. The summed E-state index contributed by atoms with van der Waals surface area (Å²) in [5.74, 6) is 1.24. The number of carbonyl (C=O) groups excluding carboxylic acids is 1.